The summed E-state index contributed by atoms with van der Waals surface area (Å²) in [5.74, 6) is 1.22. The van der Waals surface area contributed by atoms with Crippen molar-refractivity contribution in [2.24, 2.45) is 11.8 Å². The zero-order valence-corrected chi connectivity index (χ0v) is 9.48. The fourth-order valence-electron chi connectivity index (χ4n) is 2.86. The maximum absolute atomic E-state index is 12.1. The van der Waals surface area contributed by atoms with Crippen LogP contribution in [0.15, 0.2) is 0 Å². The second-order valence-corrected chi connectivity index (χ2v) is 5.20. The van der Waals surface area contributed by atoms with Crippen LogP contribution in [0.1, 0.15) is 39.0 Å². The van der Waals surface area contributed by atoms with Crippen LogP contribution in [0.3, 0.4) is 0 Å². The number of carbonyl (C=O) groups is 1. The summed E-state index contributed by atoms with van der Waals surface area (Å²) in [6.07, 6.45) is 5.03. The highest BCUT2D eigenvalue weighted by Crippen LogP contribution is 2.30. The maximum Gasteiger partial charge on any atom is 0.225 e. The molecule has 0 aromatic heterocycles. The highest BCUT2D eigenvalue weighted by atomic mass is 16.3. The molecule has 1 aliphatic heterocycles. The lowest BCUT2D eigenvalue weighted by molar-refractivity contribution is -0.136. The van der Waals surface area contributed by atoms with E-state index < -0.39 is 0 Å². The molecule has 1 amide bonds. The Hall–Kier alpha value is -0.570. The highest BCUT2D eigenvalue weighted by molar-refractivity contribution is 5.79. The van der Waals surface area contributed by atoms with Crippen LogP contribution in [0.4, 0.5) is 0 Å². The van der Waals surface area contributed by atoms with Crippen molar-refractivity contribution in [1.82, 2.24) is 4.90 Å². The predicted octanol–water partition coefficient (Wildman–Crippen LogP) is 1.41. The van der Waals surface area contributed by atoms with E-state index in [1.54, 1.807) is 0 Å². The fourth-order valence-corrected chi connectivity index (χ4v) is 2.86. The third-order valence-corrected chi connectivity index (χ3v) is 3.76. The van der Waals surface area contributed by atoms with Crippen LogP contribution in [-0.2, 0) is 4.79 Å². The van der Waals surface area contributed by atoms with Gasteiger partial charge < -0.3 is 10.0 Å². The highest BCUT2D eigenvalue weighted by Gasteiger charge is 2.32. The Bertz CT molecular complexity index is 242. The molecule has 86 valence electrons. The van der Waals surface area contributed by atoms with Crippen LogP contribution in [-0.4, -0.2) is 35.1 Å². The Kier molecular flexibility index (Phi) is 3.29. The number of carbonyl (C=O) groups excluding carboxylic acids is 1. The minimum absolute atomic E-state index is 0.235. The molecule has 1 saturated heterocycles. The van der Waals surface area contributed by atoms with Gasteiger partial charge in [0.05, 0.1) is 6.10 Å². The minimum Gasteiger partial charge on any atom is -0.391 e. The quantitative estimate of drug-likeness (QED) is 0.712. The van der Waals surface area contributed by atoms with E-state index in [0.717, 1.165) is 25.8 Å². The summed E-state index contributed by atoms with van der Waals surface area (Å²) >= 11 is 0. The molecular weight excluding hydrogens is 190 g/mol. The molecule has 1 N–H and O–H groups in total. The van der Waals surface area contributed by atoms with Crippen molar-refractivity contribution in [2.75, 3.05) is 13.1 Å². The van der Waals surface area contributed by atoms with Gasteiger partial charge in [0.15, 0.2) is 0 Å². The number of amides is 1. The van der Waals surface area contributed by atoms with E-state index in [9.17, 15) is 9.90 Å². The van der Waals surface area contributed by atoms with Gasteiger partial charge in [0, 0.05) is 19.0 Å². The van der Waals surface area contributed by atoms with Gasteiger partial charge in [-0.05, 0) is 25.2 Å². The standard InChI is InChI=1S/C12H21NO2/c1-9-3-2-4-10(7-9)12(15)13-6-5-11(14)8-13/h9-11,14H,2-8H2,1H3/t9?,10?,11-/m1/s1. The monoisotopic (exact) mass is 211 g/mol. The van der Waals surface area contributed by atoms with E-state index in [1.807, 2.05) is 4.90 Å². The third kappa shape index (κ3) is 2.51. The summed E-state index contributed by atoms with van der Waals surface area (Å²) in [4.78, 5) is 14.0. The summed E-state index contributed by atoms with van der Waals surface area (Å²) in [5.41, 5.74) is 0. The van der Waals surface area contributed by atoms with Crippen molar-refractivity contribution in [3.63, 3.8) is 0 Å². The van der Waals surface area contributed by atoms with Crippen LogP contribution in [0.5, 0.6) is 0 Å². The molecule has 0 aromatic carbocycles. The van der Waals surface area contributed by atoms with E-state index in [4.69, 9.17) is 0 Å². The molecule has 2 unspecified atom stereocenters. The summed E-state index contributed by atoms with van der Waals surface area (Å²) < 4.78 is 0. The van der Waals surface area contributed by atoms with E-state index in [1.165, 1.54) is 12.8 Å². The van der Waals surface area contributed by atoms with Crippen LogP contribution in [0.25, 0.3) is 0 Å². The van der Waals surface area contributed by atoms with Gasteiger partial charge in [-0.2, -0.15) is 0 Å². The predicted molar refractivity (Wildman–Crippen MR) is 58.3 cm³/mol. The molecule has 0 spiro atoms. The molecular formula is C12H21NO2. The van der Waals surface area contributed by atoms with Crippen LogP contribution >= 0.6 is 0 Å². The molecule has 0 radical (unpaired) electrons. The smallest absolute Gasteiger partial charge is 0.225 e. The first-order valence-corrected chi connectivity index (χ1v) is 6.13. The van der Waals surface area contributed by atoms with Gasteiger partial charge >= 0.3 is 0 Å². The maximum atomic E-state index is 12.1. The van der Waals surface area contributed by atoms with Crippen molar-refractivity contribution in [2.45, 2.75) is 45.1 Å². The molecule has 2 rings (SSSR count). The second kappa shape index (κ2) is 4.52. The topological polar surface area (TPSA) is 40.5 Å². The Labute approximate surface area is 91.5 Å². The third-order valence-electron chi connectivity index (χ3n) is 3.76. The van der Waals surface area contributed by atoms with E-state index in [0.29, 0.717) is 12.5 Å². The molecule has 1 heterocycles. The van der Waals surface area contributed by atoms with Gasteiger partial charge in [-0.25, -0.2) is 0 Å². The van der Waals surface area contributed by atoms with E-state index in [-0.39, 0.29) is 17.9 Å². The summed E-state index contributed by atoms with van der Waals surface area (Å²) in [5, 5.41) is 9.40. The number of β-amino-alcohol motifs (C(OH)–C–C–N with tert-alkyl or cyclic N) is 1. The Balaban J connectivity index is 1.89. The largest absolute Gasteiger partial charge is 0.391 e. The van der Waals surface area contributed by atoms with Crippen molar-refractivity contribution in [1.29, 1.82) is 0 Å². The molecule has 1 saturated carbocycles. The van der Waals surface area contributed by atoms with Gasteiger partial charge in [-0.1, -0.05) is 19.8 Å². The second-order valence-electron chi connectivity index (χ2n) is 5.20. The normalized spacial score (nSPS) is 36.9. The minimum atomic E-state index is -0.282. The molecule has 2 fully saturated rings. The Morgan fingerprint density at radius 2 is 2.13 bits per heavy atom. The number of likely N-dealkylation sites (tertiary alicyclic amines) is 1. The van der Waals surface area contributed by atoms with Gasteiger partial charge in [-0.3, -0.25) is 4.79 Å². The Morgan fingerprint density at radius 3 is 2.73 bits per heavy atom. The average Bonchev–Trinajstić information content (AvgIpc) is 2.64. The van der Waals surface area contributed by atoms with Gasteiger partial charge in [0.2, 0.25) is 5.91 Å². The molecule has 15 heavy (non-hydrogen) atoms. The summed E-state index contributed by atoms with van der Waals surface area (Å²) in [7, 11) is 0. The number of hydrogen-bond acceptors (Lipinski definition) is 2. The zero-order chi connectivity index (χ0) is 10.8. The molecule has 3 atom stereocenters. The lowest BCUT2D eigenvalue weighted by Gasteiger charge is -2.29. The van der Waals surface area contributed by atoms with Crippen LogP contribution < -0.4 is 0 Å². The number of rotatable bonds is 1. The molecule has 3 heteroatoms. The van der Waals surface area contributed by atoms with Crippen LogP contribution in [0.2, 0.25) is 0 Å². The van der Waals surface area contributed by atoms with Gasteiger partial charge in [0.1, 0.15) is 0 Å². The first-order chi connectivity index (χ1) is 7.16. The SMILES string of the molecule is CC1CCCC(C(=O)N2CC[C@@H](O)C2)C1. The molecule has 3 nitrogen and oxygen atoms in total. The fraction of sp³-hybridized carbons (Fsp3) is 0.917. The molecule has 1 aliphatic carbocycles. The van der Waals surface area contributed by atoms with Gasteiger partial charge in [0.25, 0.3) is 0 Å². The van der Waals surface area contributed by atoms with Crippen LogP contribution in [0, 0.1) is 11.8 Å². The average molecular weight is 211 g/mol. The van der Waals surface area contributed by atoms with E-state index in [2.05, 4.69) is 6.92 Å². The zero-order valence-electron chi connectivity index (χ0n) is 9.48. The first kappa shape index (κ1) is 10.9. The van der Waals surface area contributed by atoms with Crippen molar-refractivity contribution < 1.29 is 9.90 Å². The molecule has 0 bridgehead atoms. The molecule has 0 aromatic rings. The number of aliphatic hydroxyl groups excluding tert-OH is 1. The lowest BCUT2D eigenvalue weighted by Crippen LogP contribution is -2.36. The lowest BCUT2D eigenvalue weighted by atomic mass is 9.82. The number of aliphatic hydroxyl groups is 1. The van der Waals surface area contributed by atoms with E-state index >= 15 is 0 Å². The summed E-state index contributed by atoms with van der Waals surface area (Å²) in [6.45, 7) is 3.55. The summed E-state index contributed by atoms with van der Waals surface area (Å²) in [6, 6.07) is 0. The number of nitrogens with zero attached hydrogens (tertiary/aromatic N) is 1. The first-order valence-electron chi connectivity index (χ1n) is 6.13. The van der Waals surface area contributed by atoms with Crippen molar-refractivity contribution in [3.8, 4) is 0 Å². The van der Waals surface area contributed by atoms with Gasteiger partial charge in [-0.15, -0.1) is 0 Å². The van der Waals surface area contributed by atoms with Crippen molar-refractivity contribution in [3.05, 3.63) is 0 Å². The molecule has 2 aliphatic rings. The number of hydrogen-bond donors (Lipinski definition) is 1. The van der Waals surface area contributed by atoms with Crippen molar-refractivity contribution >= 4 is 5.91 Å². The Morgan fingerprint density at radius 1 is 1.33 bits per heavy atom.